The Labute approximate surface area is 278 Å². The largest absolute Gasteiger partial charge is 0.497 e. The molecule has 0 radical (unpaired) electrons. The first-order valence-electron chi connectivity index (χ1n) is 15.6. The van der Waals surface area contributed by atoms with Crippen LogP contribution in [0.4, 0.5) is 5.69 Å². The molecule has 3 aromatic rings. The number of rotatable bonds is 17. The first kappa shape index (κ1) is 35.3. The highest BCUT2D eigenvalue weighted by atomic mass is 32.2. The lowest BCUT2D eigenvalue weighted by atomic mass is 10.1. The Morgan fingerprint density at radius 2 is 1.65 bits per heavy atom. The Morgan fingerprint density at radius 1 is 0.978 bits per heavy atom. The average Bonchev–Trinajstić information content (AvgIpc) is 3.51. The van der Waals surface area contributed by atoms with Crippen LogP contribution in [0.25, 0.3) is 0 Å². The number of hydrogen-bond donors (Lipinski definition) is 3. The van der Waals surface area contributed by atoms with Gasteiger partial charge in [0.2, 0.25) is 16.8 Å². The second kappa shape index (κ2) is 16.8. The molecule has 3 aromatic carbocycles. The van der Waals surface area contributed by atoms with Gasteiger partial charge >= 0.3 is 0 Å². The van der Waals surface area contributed by atoms with E-state index in [0.29, 0.717) is 62.2 Å². The number of ether oxygens (including phenoxy) is 3. The molecule has 12 heteroatoms. The number of fused-ring (bicyclic) bond motifs is 1. The van der Waals surface area contributed by atoms with Crippen LogP contribution >= 0.6 is 12.2 Å². The van der Waals surface area contributed by atoms with Crippen molar-refractivity contribution in [1.82, 2.24) is 14.5 Å². The van der Waals surface area contributed by atoms with Crippen molar-refractivity contribution in [3.63, 3.8) is 0 Å². The molecule has 0 amide bonds. The number of nitrogens with two attached hydrogens (primary N) is 1. The summed E-state index contributed by atoms with van der Waals surface area (Å²) >= 11 is 5.86. The second-order valence-electron chi connectivity index (χ2n) is 11.8. The van der Waals surface area contributed by atoms with Crippen LogP contribution in [-0.4, -0.2) is 67.5 Å². The molecule has 1 aliphatic rings. The van der Waals surface area contributed by atoms with Crippen molar-refractivity contribution in [1.29, 1.82) is 0 Å². The third-order valence-corrected chi connectivity index (χ3v) is 10.3. The van der Waals surface area contributed by atoms with E-state index in [-0.39, 0.29) is 18.3 Å². The zero-order valence-electron chi connectivity index (χ0n) is 26.9. The number of hydrogen-bond acceptors (Lipinski definition) is 8. The Balaban J connectivity index is 1.37. The van der Waals surface area contributed by atoms with Crippen LogP contribution in [0.2, 0.25) is 0 Å². The average molecular weight is 671 g/mol. The van der Waals surface area contributed by atoms with Gasteiger partial charge in [-0.1, -0.05) is 38.5 Å². The van der Waals surface area contributed by atoms with Crippen molar-refractivity contribution < 1.29 is 27.7 Å². The highest BCUT2D eigenvalue weighted by Gasteiger charge is 2.31. The Bertz CT molecular complexity index is 1520. The van der Waals surface area contributed by atoms with E-state index in [1.54, 1.807) is 19.2 Å². The molecule has 0 spiro atoms. The maximum absolute atomic E-state index is 13.6. The molecule has 0 aromatic heterocycles. The number of aliphatic hydroxyl groups excluding tert-OH is 1. The Hall–Kier alpha value is -3.58. The van der Waals surface area contributed by atoms with Gasteiger partial charge in [-0.3, -0.25) is 0 Å². The van der Waals surface area contributed by atoms with E-state index >= 15 is 0 Å². The Kier molecular flexibility index (Phi) is 12.9. The van der Waals surface area contributed by atoms with E-state index in [4.69, 9.17) is 32.2 Å². The normalized spacial score (nSPS) is 13.2. The summed E-state index contributed by atoms with van der Waals surface area (Å²) < 4.78 is 45.1. The molecule has 1 heterocycles. The number of anilines is 1. The van der Waals surface area contributed by atoms with Gasteiger partial charge in [0.05, 0.1) is 18.6 Å². The monoisotopic (exact) mass is 670 g/mol. The molecule has 0 bridgehead atoms. The van der Waals surface area contributed by atoms with Gasteiger partial charge in [-0.05, 0) is 97.1 Å². The number of nitrogens with zero attached hydrogens (tertiary/aromatic N) is 2. The second-order valence-corrected chi connectivity index (χ2v) is 14.1. The summed E-state index contributed by atoms with van der Waals surface area (Å²) in [6, 6.07) is 19.5. The van der Waals surface area contributed by atoms with Gasteiger partial charge < -0.3 is 35.3 Å². The summed E-state index contributed by atoms with van der Waals surface area (Å²) in [6.07, 6.45) is 2.66. The number of thiocarbonyl (C=S) groups is 1. The van der Waals surface area contributed by atoms with Gasteiger partial charge in [-0.25, -0.2) is 8.42 Å². The fourth-order valence-corrected chi connectivity index (χ4v) is 7.10. The molecule has 0 aliphatic carbocycles. The summed E-state index contributed by atoms with van der Waals surface area (Å²) in [4.78, 5) is 2.27. The van der Waals surface area contributed by atoms with E-state index in [1.807, 2.05) is 42.5 Å². The third kappa shape index (κ3) is 9.71. The molecule has 250 valence electrons. The molecule has 1 unspecified atom stereocenters. The number of nitrogens with one attached hydrogen (secondary N) is 1. The van der Waals surface area contributed by atoms with Crippen LogP contribution in [0.3, 0.4) is 0 Å². The number of methoxy groups -OCH3 is 1. The van der Waals surface area contributed by atoms with Crippen LogP contribution in [0.15, 0.2) is 71.6 Å². The smallest absolute Gasteiger partial charge is 0.243 e. The van der Waals surface area contributed by atoms with E-state index in [2.05, 4.69) is 24.1 Å². The van der Waals surface area contributed by atoms with E-state index in [1.165, 1.54) is 16.4 Å². The molecule has 1 aliphatic heterocycles. The van der Waals surface area contributed by atoms with Crippen molar-refractivity contribution in [2.24, 2.45) is 5.92 Å². The molecule has 10 nitrogen and oxygen atoms in total. The lowest BCUT2D eigenvalue weighted by molar-refractivity contribution is 0.172. The summed E-state index contributed by atoms with van der Waals surface area (Å²) in [7, 11) is -2.17. The van der Waals surface area contributed by atoms with E-state index in [0.717, 1.165) is 34.8 Å². The molecule has 0 fully saturated rings. The van der Waals surface area contributed by atoms with Gasteiger partial charge in [0.25, 0.3) is 0 Å². The summed E-state index contributed by atoms with van der Waals surface area (Å²) in [5.74, 6) is 2.56. The van der Waals surface area contributed by atoms with Gasteiger partial charge in [0, 0.05) is 37.9 Å². The van der Waals surface area contributed by atoms with Gasteiger partial charge in [-0.2, -0.15) is 4.31 Å². The first-order chi connectivity index (χ1) is 22.1. The van der Waals surface area contributed by atoms with Crippen LogP contribution in [0, 0.1) is 5.92 Å². The standard InChI is InChI=1S/C34H46N4O6S2/c1-25(2)17-19-38(46(40,41)31-14-10-28(35)11-15-31)29(23-39)6-4-5-18-36-34(45)37(21-26-7-12-30(42-3)13-8-26)22-27-9-16-32-33(20-27)44-24-43-32/h7-16,20,25,29,39H,4-6,17-19,21-24,35H2,1-3H3,(H,36,45). The minimum absolute atomic E-state index is 0.176. The lowest BCUT2D eigenvalue weighted by Crippen LogP contribution is -2.43. The first-order valence-corrected chi connectivity index (χ1v) is 17.5. The third-order valence-electron chi connectivity index (χ3n) is 7.90. The van der Waals surface area contributed by atoms with Crippen molar-refractivity contribution in [3.05, 3.63) is 77.9 Å². The Morgan fingerprint density at radius 3 is 2.33 bits per heavy atom. The number of nitrogen functional groups attached to an aromatic ring is 1. The van der Waals surface area contributed by atoms with Crippen LogP contribution in [0.5, 0.6) is 17.2 Å². The molecule has 0 saturated heterocycles. The minimum Gasteiger partial charge on any atom is -0.497 e. The number of sulfonamides is 1. The van der Waals surface area contributed by atoms with E-state index in [9.17, 15) is 13.5 Å². The van der Waals surface area contributed by atoms with Crippen molar-refractivity contribution in [2.45, 2.75) is 63.6 Å². The number of aliphatic hydroxyl groups is 1. The van der Waals surface area contributed by atoms with Crippen LogP contribution in [0.1, 0.15) is 50.7 Å². The topological polar surface area (TPSA) is 127 Å². The van der Waals surface area contributed by atoms with Crippen LogP contribution < -0.4 is 25.3 Å². The van der Waals surface area contributed by atoms with E-state index < -0.39 is 16.1 Å². The molecule has 46 heavy (non-hydrogen) atoms. The maximum Gasteiger partial charge on any atom is 0.243 e. The maximum atomic E-state index is 13.6. The lowest BCUT2D eigenvalue weighted by Gasteiger charge is -2.30. The summed E-state index contributed by atoms with van der Waals surface area (Å²) in [5, 5.41) is 14.3. The molecule has 4 N–H and O–H groups in total. The summed E-state index contributed by atoms with van der Waals surface area (Å²) in [5.41, 5.74) is 8.41. The predicted molar refractivity (Wildman–Crippen MR) is 184 cm³/mol. The molecule has 4 rings (SSSR count). The predicted octanol–water partition coefficient (Wildman–Crippen LogP) is 5.15. The molecule has 1 atom stereocenters. The van der Waals surface area contributed by atoms with Crippen LogP contribution in [-0.2, 0) is 23.1 Å². The van der Waals surface area contributed by atoms with Gasteiger partial charge in [0.1, 0.15) is 5.75 Å². The highest BCUT2D eigenvalue weighted by molar-refractivity contribution is 7.89. The quantitative estimate of drug-likeness (QED) is 0.101. The fourth-order valence-electron chi connectivity index (χ4n) is 5.21. The number of unbranched alkanes of at least 4 members (excludes halogenated alkanes) is 1. The van der Waals surface area contributed by atoms with Gasteiger partial charge in [-0.15, -0.1) is 0 Å². The highest BCUT2D eigenvalue weighted by Crippen LogP contribution is 2.33. The molecular weight excluding hydrogens is 625 g/mol. The number of benzene rings is 3. The van der Waals surface area contributed by atoms with Gasteiger partial charge in [0.15, 0.2) is 16.6 Å². The fraction of sp³-hybridized carbons (Fsp3) is 0.441. The van der Waals surface area contributed by atoms with Crippen molar-refractivity contribution in [3.8, 4) is 17.2 Å². The van der Waals surface area contributed by atoms with Crippen molar-refractivity contribution >= 4 is 33.0 Å². The molecule has 0 saturated carbocycles. The molecular formula is C34H46N4O6S2. The van der Waals surface area contributed by atoms with Crippen molar-refractivity contribution in [2.75, 3.05) is 39.3 Å². The summed E-state index contributed by atoms with van der Waals surface area (Å²) in [6.45, 7) is 6.16. The zero-order chi connectivity index (χ0) is 33.1. The zero-order valence-corrected chi connectivity index (χ0v) is 28.5. The SMILES string of the molecule is COc1ccc(CN(Cc2ccc3c(c2)OCO3)C(=S)NCCCCC(CO)N(CCC(C)C)S(=O)(=O)c2ccc(N)cc2)cc1. The minimum atomic E-state index is -3.81.